The zero-order valence-electron chi connectivity index (χ0n) is 15.6. The summed E-state index contributed by atoms with van der Waals surface area (Å²) in [5, 5.41) is 14.8. The van der Waals surface area contributed by atoms with Crippen molar-refractivity contribution < 1.29 is 14.7 Å². The van der Waals surface area contributed by atoms with E-state index < -0.39 is 6.10 Å². The van der Waals surface area contributed by atoms with Crippen LogP contribution in [0.2, 0.25) is 5.02 Å². The molecule has 6 heteroatoms. The van der Waals surface area contributed by atoms with Crippen molar-refractivity contribution in [2.24, 2.45) is 5.16 Å². The Morgan fingerprint density at radius 1 is 1.30 bits per heavy atom. The van der Waals surface area contributed by atoms with Gasteiger partial charge in [0.1, 0.15) is 11.9 Å². The highest BCUT2D eigenvalue weighted by molar-refractivity contribution is 6.30. The fourth-order valence-corrected chi connectivity index (χ4v) is 3.36. The van der Waals surface area contributed by atoms with Crippen LogP contribution in [-0.4, -0.2) is 48.1 Å². The molecular formula is C21H25ClN2O3. The minimum atomic E-state index is -0.423. The van der Waals surface area contributed by atoms with E-state index in [1.807, 2.05) is 42.5 Å². The number of aliphatic hydroxyl groups is 1. The first-order valence-electron chi connectivity index (χ1n) is 9.05. The standard InChI is InChI=1S/C21H25ClN2O3/c1-15(25)12-24(13-16-4-3-5-19(10-16)26-2)14-20-11-21(23-27-20)17-6-8-18(22)9-7-17/h3-10,15,20,25H,11-14H2,1-2H3. The van der Waals surface area contributed by atoms with Crippen LogP contribution < -0.4 is 4.74 Å². The van der Waals surface area contributed by atoms with Gasteiger partial charge in [-0.25, -0.2) is 0 Å². The average Bonchev–Trinajstić information content (AvgIpc) is 3.10. The Morgan fingerprint density at radius 3 is 2.78 bits per heavy atom. The van der Waals surface area contributed by atoms with Gasteiger partial charge in [0.2, 0.25) is 0 Å². The second kappa shape index (κ2) is 9.22. The van der Waals surface area contributed by atoms with Crippen LogP contribution >= 0.6 is 11.6 Å². The second-order valence-corrected chi connectivity index (χ2v) is 7.31. The lowest BCUT2D eigenvalue weighted by Gasteiger charge is -2.26. The third-order valence-electron chi connectivity index (χ3n) is 4.44. The number of methoxy groups -OCH3 is 1. The Balaban J connectivity index is 1.62. The van der Waals surface area contributed by atoms with E-state index in [1.54, 1.807) is 14.0 Å². The first kappa shape index (κ1) is 19.7. The number of hydrogen-bond donors (Lipinski definition) is 1. The number of oxime groups is 1. The highest BCUT2D eigenvalue weighted by Gasteiger charge is 2.25. The molecule has 144 valence electrons. The topological polar surface area (TPSA) is 54.3 Å². The molecule has 0 bridgehead atoms. The summed E-state index contributed by atoms with van der Waals surface area (Å²) in [6.45, 7) is 3.75. The SMILES string of the molecule is COc1cccc(CN(CC(C)O)CC2CC(c3ccc(Cl)cc3)=NO2)c1. The molecule has 1 aliphatic rings. The van der Waals surface area contributed by atoms with Crippen molar-refractivity contribution in [2.45, 2.75) is 32.1 Å². The molecule has 1 heterocycles. The number of benzene rings is 2. The van der Waals surface area contributed by atoms with Gasteiger partial charge in [0, 0.05) is 31.1 Å². The van der Waals surface area contributed by atoms with Crippen LogP contribution in [0.5, 0.6) is 5.75 Å². The van der Waals surface area contributed by atoms with Gasteiger partial charge in [-0.15, -0.1) is 0 Å². The van der Waals surface area contributed by atoms with Crippen molar-refractivity contribution in [1.82, 2.24) is 4.90 Å². The van der Waals surface area contributed by atoms with E-state index in [1.165, 1.54) is 0 Å². The quantitative estimate of drug-likeness (QED) is 0.748. The van der Waals surface area contributed by atoms with Crippen LogP contribution in [0.25, 0.3) is 0 Å². The van der Waals surface area contributed by atoms with Crippen LogP contribution in [0, 0.1) is 0 Å². The van der Waals surface area contributed by atoms with Gasteiger partial charge in [-0.2, -0.15) is 0 Å². The van der Waals surface area contributed by atoms with Crippen LogP contribution in [0.15, 0.2) is 53.7 Å². The number of aliphatic hydroxyl groups excluding tert-OH is 1. The van der Waals surface area contributed by atoms with E-state index in [2.05, 4.69) is 16.1 Å². The van der Waals surface area contributed by atoms with E-state index in [4.69, 9.17) is 21.2 Å². The van der Waals surface area contributed by atoms with E-state index in [9.17, 15) is 5.11 Å². The molecule has 3 rings (SSSR count). The lowest BCUT2D eigenvalue weighted by atomic mass is 10.0. The highest BCUT2D eigenvalue weighted by atomic mass is 35.5. The molecule has 1 aliphatic heterocycles. The van der Waals surface area contributed by atoms with E-state index in [0.717, 1.165) is 29.0 Å². The van der Waals surface area contributed by atoms with Crippen molar-refractivity contribution in [3.8, 4) is 5.75 Å². The molecule has 0 spiro atoms. The lowest BCUT2D eigenvalue weighted by Crippen LogP contribution is -2.37. The van der Waals surface area contributed by atoms with Crippen molar-refractivity contribution in [3.63, 3.8) is 0 Å². The third kappa shape index (κ3) is 5.70. The molecule has 2 aromatic rings. The molecule has 2 aromatic carbocycles. The minimum absolute atomic E-state index is 0.0416. The van der Waals surface area contributed by atoms with Crippen molar-refractivity contribution >= 4 is 17.3 Å². The van der Waals surface area contributed by atoms with Gasteiger partial charge in [0.15, 0.2) is 0 Å². The van der Waals surface area contributed by atoms with Gasteiger partial charge < -0.3 is 14.7 Å². The Labute approximate surface area is 165 Å². The molecule has 2 atom stereocenters. The van der Waals surface area contributed by atoms with Crippen LogP contribution in [-0.2, 0) is 11.4 Å². The number of halogens is 1. The maximum absolute atomic E-state index is 9.88. The Kier molecular flexibility index (Phi) is 6.72. The van der Waals surface area contributed by atoms with Crippen molar-refractivity contribution in [2.75, 3.05) is 20.2 Å². The maximum Gasteiger partial charge on any atom is 0.145 e. The molecule has 0 aromatic heterocycles. The minimum Gasteiger partial charge on any atom is -0.497 e. The molecule has 5 nitrogen and oxygen atoms in total. The fourth-order valence-electron chi connectivity index (χ4n) is 3.23. The molecule has 0 radical (unpaired) electrons. The Morgan fingerprint density at radius 2 is 2.07 bits per heavy atom. The second-order valence-electron chi connectivity index (χ2n) is 6.87. The average molecular weight is 389 g/mol. The number of hydrogen-bond acceptors (Lipinski definition) is 5. The molecule has 27 heavy (non-hydrogen) atoms. The van der Waals surface area contributed by atoms with Gasteiger partial charge in [0.05, 0.1) is 18.9 Å². The zero-order valence-corrected chi connectivity index (χ0v) is 16.4. The molecule has 2 unspecified atom stereocenters. The predicted octanol–water partition coefficient (Wildman–Crippen LogP) is 3.72. The zero-order chi connectivity index (χ0) is 19.2. The van der Waals surface area contributed by atoms with Crippen molar-refractivity contribution in [3.05, 3.63) is 64.7 Å². The summed E-state index contributed by atoms with van der Waals surface area (Å²) < 4.78 is 5.30. The predicted molar refractivity (Wildman–Crippen MR) is 107 cm³/mol. The summed E-state index contributed by atoms with van der Waals surface area (Å²) >= 11 is 5.95. The summed E-state index contributed by atoms with van der Waals surface area (Å²) in [6, 6.07) is 15.6. The fraction of sp³-hybridized carbons (Fsp3) is 0.381. The maximum atomic E-state index is 9.88. The Bertz CT molecular complexity index is 777. The first-order chi connectivity index (χ1) is 13.0. The molecule has 0 saturated heterocycles. The van der Waals surface area contributed by atoms with Gasteiger partial charge >= 0.3 is 0 Å². The summed E-state index contributed by atoms with van der Waals surface area (Å²) in [4.78, 5) is 7.84. The van der Waals surface area contributed by atoms with Gasteiger partial charge in [-0.3, -0.25) is 4.90 Å². The van der Waals surface area contributed by atoms with Crippen LogP contribution in [0.1, 0.15) is 24.5 Å². The normalized spacial score (nSPS) is 17.5. The lowest BCUT2D eigenvalue weighted by molar-refractivity contribution is 0.0351. The van der Waals surface area contributed by atoms with E-state index in [-0.39, 0.29) is 6.10 Å². The van der Waals surface area contributed by atoms with Gasteiger partial charge in [0.25, 0.3) is 0 Å². The number of rotatable bonds is 8. The Hall–Kier alpha value is -2.08. The van der Waals surface area contributed by atoms with Crippen LogP contribution in [0.3, 0.4) is 0 Å². The summed E-state index contributed by atoms with van der Waals surface area (Å²) in [6.07, 6.45) is 0.268. The van der Waals surface area contributed by atoms with Gasteiger partial charge in [-0.1, -0.05) is 41.0 Å². The third-order valence-corrected chi connectivity index (χ3v) is 4.69. The van der Waals surface area contributed by atoms with Crippen molar-refractivity contribution in [1.29, 1.82) is 0 Å². The largest absolute Gasteiger partial charge is 0.497 e. The first-order valence-corrected chi connectivity index (χ1v) is 9.43. The molecule has 0 amide bonds. The summed E-state index contributed by atoms with van der Waals surface area (Å²) in [7, 11) is 1.66. The molecule has 0 aliphatic carbocycles. The van der Waals surface area contributed by atoms with Gasteiger partial charge in [-0.05, 0) is 42.3 Å². The monoisotopic (exact) mass is 388 g/mol. The molecular weight excluding hydrogens is 364 g/mol. The molecule has 1 N–H and O–H groups in total. The smallest absolute Gasteiger partial charge is 0.145 e. The van der Waals surface area contributed by atoms with E-state index >= 15 is 0 Å². The summed E-state index contributed by atoms with van der Waals surface area (Å²) in [5.41, 5.74) is 3.08. The molecule has 0 saturated carbocycles. The summed E-state index contributed by atoms with van der Waals surface area (Å²) in [5.74, 6) is 0.829. The number of nitrogens with zero attached hydrogens (tertiary/aromatic N) is 2. The number of ether oxygens (including phenoxy) is 1. The molecule has 0 fully saturated rings. The van der Waals surface area contributed by atoms with Crippen LogP contribution in [0.4, 0.5) is 0 Å². The highest BCUT2D eigenvalue weighted by Crippen LogP contribution is 2.21. The van der Waals surface area contributed by atoms with E-state index in [0.29, 0.717) is 24.7 Å².